The normalized spacial score (nSPS) is 10.6. The molecule has 0 aliphatic rings. The highest BCUT2D eigenvalue weighted by Gasteiger charge is 2.04. The molecule has 2 aromatic carbocycles. The van der Waals surface area contributed by atoms with Gasteiger partial charge in [0.15, 0.2) is 5.96 Å². The first kappa shape index (κ1) is 22.8. The van der Waals surface area contributed by atoms with Crippen molar-refractivity contribution in [2.45, 2.75) is 13.3 Å². The number of hydrogen-bond acceptors (Lipinski definition) is 3. The SMILES string of the molecule is CCNC(=NCCc1ccccc1)NCCNC(=O)c1ccc(O)cc1.I. The number of hydrogen-bond donors (Lipinski definition) is 4. The number of carbonyl (C=O) groups is 1. The van der Waals surface area contributed by atoms with Gasteiger partial charge in [-0.25, -0.2) is 0 Å². The van der Waals surface area contributed by atoms with Crippen LogP contribution in [0.15, 0.2) is 59.6 Å². The van der Waals surface area contributed by atoms with E-state index in [0.29, 0.717) is 25.2 Å². The maximum Gasteiger partial charge on any atom is 0.251 e. The standard InChI is InChI=1S/C20H26N4O2.HI/c1-2-21-20(23-13-12-16-6-4-3-5-7-16)24-15-14-22-19(26)17-8-10-18(25)11-9-17;/h3-11,25H,2,12-15H2,1H3,(H,22,26)(H2,21,23,24);1H. The summed E-state index contributed by atoms with van der Waals surface area (Å²) >= 11 is 0. The van der Waals surface area contributed by atoms with Crippen molar-refractivity contribution < 1.29 is 9.90 Å². The summed E-state index contributed by atoms with van der Waals surface area (Å²) in [5.74, 6) is 0.713. The van der Waals surface area contributed by atoms with Gasteiger partial charge < -0.3 is 21.1 Å². The van der Waals surface area contributed by atoms with Gasteiger partial charge in [-0.15, -0.1) is 24.0 Å². The van der Waals surface area contributed by atoms with Gasteiger partial charge in [0.1, 0.15) is 5.75 Å². The van der Waals surface area contributed by atoms with E-state index in [1.165, 1.54) is 17.7 Å². The zero-order chi connectivity index (χ0) is 18.6. The molecule has 0 saturated carbocycles. The van der Waals surface area contributed by atoms with E-state index in [0.717, 1.165) is 18.9 Å². The fourth-order valence-electron chi connectivity index (χ4n) is 2.36. The van der Waals surface area contributed by atoms with Crippen LogP contribution in [0.25, 0.3) is 0 Å². The number of phenols is 1. The van der Waals surface area contributed by atoms with Gasteiger partial charge in [-0.05, 0) is 43.2 Å². The number of carbonyl (C=O) groups excluding carboxylic acids is 1. The van der Waals surface area contributed by atoms with Crippen molar-refractivity contribution in [2.24, 2.45) is 4.99 Å². The van der Waals surface area contributed by atoms with Gasteiger partial charge in [-0.1, -0.05) is 30.3 Å². The third kappa shape index (κ3) is 8.76. The number of amides is 1. The lowest BCUT2D eigenvalue weighted by Gasteiger charge is -2.12. The molecule has 0 aliphatic carbocycles. The molecule has 0 fully saturated rings. The minimum absolute atomic E-state index is 0. The summed E-state index contributed by atoms with van der Waals surface area (Å²) in [6, 6.07) is 16.4. The van der Waals surface area contributed by atoms with Crippen LogP contribution in [0.3, 0.4) is 0 Å². The van der Waals surface area contributed by atoms with E-state index >= 15 is 0 Å². The van der Waals surface area contributed by atoms with Crippen LogP contribution in [-0.2, 0) is 6.42 Å². The van der Waals surface area contributed by atoms with Crippen LogP contribution in [0.1, 0.15) is 22.8 Å². The van der Waals surface area contributed by atoms with Crippen molar-refractivity contribution in [1.29, 1.82) is 0 Å². The monoisotopic (exact) mass is 482 g/mol. The predicted molar refractivity (Wildman–Crippen MR) is 120 cm³/mol. The number of halogens is 1. The summed E-state index contributed by atoms with van der Waals surface area (Å²) < 4.78 is 0. The van der Waals surface area contributed by atoms with Crippen LogP contribution in [0.4, 0.5) is 0 Å². The minimum atomic E-state index is -0.169. The van der Waals surface area contributed by atoms with Gasteiger partial charge in [0.25, 0.3) is 5.91 Å². The second-order valence-electron chi connectivity index (χ2n) is 5.73. The van der Waals surface area contributed by atoms with Crippen molar-refractivity contribution in [3.8, 4) is 5.75 Å². The number of benzene rings is 2. The Balaban J connectivity index is 0.00000364. The van der Waals surface area contributed by atoms with E-state index in [9.17, 15) is 9.90 Å². The lowest BCUT2D eigenvalue weighted by molar-refractivity contribution is 0.0954. The van der Waals surface area contributed by atoms with Crippen molar-refractivity contribution in [1.82, 2.24) is 16.0 Å². The fourth-order valence-corrected chi connectivity index (χ4v) is 2.36. The van der Waals surface area contributed by atoms with E-state index < -0.39 is 0 Å². The highest BCUT2D eigenvalue weighted by molar-refractivity contribution is 14.0. The number of nitrogens with zero attached hydrogens (tertiary/aromatic N) is 1. The molecule has 4 N–H and O–H groups in total. The first-order valence-corrected chi connectivity index (χ1v) is 8.82. The van der Waals surface area contributed by atoms with Gasteiger partial charge in [-0.2, -0.15) is 0 Å². The Morgan fingerprint density at radius 2 is 1.63 bits per heavy atom. The van der Waals surface area contributed by atoms with E-state index in [1.54, 1.807) is 12.1 Å². The number of phenolic OH excluding ortho intramolecular Hbond substituents is 1. The van der Waals surface area contributed by atoms with Crippen LogP contribution in [-0.4, -0.2) is 43.2 Å². The largest absolute Gasteiger partial charge is 0.508 e. The lowest BCUT2D eigenvalue weighted by Crippen LogP contribution is -2.41. The highest BCUT2D eigenvalue weighted by Crippen LogP contribution is 2.09. The molecular weight excluding hydrogens is 455 g/mol. The summed E-state index contributed by atoms with van der Waals surface area (Å²) in [5, 5.41) is 18.5. The minimum Gasteiger partial charge on any atom is -0.508 e. The lowest BCUT2D eigenvalue weighted by atomic mass is 10.2. The topological polar surface area (TPSA) is 85.8 Å². The summed E-state index contributed by atoms with van der Waals surface area (Å²) in [7, 11) is 0. The summed E-state index contributed by atoms with van der Waals surface area (Å²) in [4.78, 5) is 16.5. The van der Waals surface area contributed by atoms with Crippen LogP contribution in [0.2, 0.25) is 0 Å². The van der Waals surface area contributed by atoms with Gasteiger partial charge >= 0.3 is 0 Å². The van der Waals surface area contributed by atoms with Gasteiger partial charge in [0.2, 0.25) is 0 Å². The van der Waals surface area contributed by atoms with Gasteiger partial charge in [-0.3, -0.25) is 9.79 Å². The van der Waals surface area contributed by atoms with Gasteiger partial charge in [0, 0.05) is 31.7 Å². The second-order valence-corrected chi connectivity index (χ2v) is 5.73. The molecule has 7 heteroatoms. The van der Waals surface area contributed by atoms with Crippen molar-refractivity contribution in [3.63, 3.8) is 0 Å². The maximum atomic E-state index is 12.0. The summed E-state index contributed by atoms with van der Waals surface area (Å²) in [6.07, 6.45) is 0.884. The molecule has 0 unspecified atom stereocenters. The smallest absolute Gasteiger partial charge is 0.251 e. The first-order valence-electron chi connectivity index (χ1n) is 8.82. The Kier molecular flexibility index (Phi) is 10.9. The molecule has 0 bridgehead atoms. The molecule has 0 saturated heterocycles. The van der Waals surface area contributed by atoms with E-state index in [2.05, 4.69) is 33.1 Å². The third-order valence-electron chi connectivity index (χ3n) is 3.69. The second kappa shape index (κ2) is 13.0. The zero-order valence-electron chi connectivity index (χ0n) is 15.4. The Morgan fingerprint density at radius 1 is 0.963 bits per heavy atom. The number of rotatable bonds is 8. The third-order valence-corrected chi connectivity index (χ3v) is 3.69. The van der Waals surface area contributed by atoms with Crippen LogP contribution >= 0.6 is 24.0 Å². The number of aliphatic imine (C=N–C) groups is 1. The molecule has 2 aromatic rings. The summed E-state index contributed by atoms with van der Waals surface area (Å²) in [5.41, 5.74) is 1.78. The predicted octanol–water partition coefficient (Wildman–Crippen LogP) is 2.54. The number of nitrogens with one attached hydrogen (secondary N) is 3. The summed E-state index contributed by atoms with van der Waals surface area (Å²) in [6.45, 7) is 4.53. The van der Waals surface area contributed by atoms with E-state index in [4.69, 9.17) is 0 Å². The quantitative estimate of drug-likeness (QED) is 0.202. The Bertz CT molecular complexity index is 706. The van der Waals surface area contributed by atoms with Crippen LogP contribution < -0.4 is 16.0 Å². The van der Waals surface area contributed by atoms with Crippen LogP contribution in [0.5, 0.6) is 5.75 Å². The number of aromatic hydroxyl groups is 1. The highest BCUT2D eigenvalue weighted by atomic mass is 127. The van der Waals surface area contributed by atoms with Crippen LogP contribution in [0, 0.1) is 0 Å². The fraction of sp³-hybridized carbons (Fsp3) is 0.300. The zero-order valence-corrected chi connectivity index (χ0v) is 17.8. The Morgan fingerprint density at radius 3 is 2.30 bits per heavy atom. The molecule has 0 atom stereocenters. The average Bonchev–Trinajstić information content (AvgIpc) is 2.66. The van der Waals surface area contributed by atoms with Crippen molar-refractivity contribution in [2.75, 3.05) is 26.2 Å². The van der Waals surface area contributed by atoms with Crippen molar-refractivity contribution >= 4 is 35.8 Å². The maximum absolute atomic E-state index is 12.0. The molecule has 27 heavy (non-hydrogen) atoms. The van der Waals surface area contributed by atoms with E-state index in [1.807, 2.05) is 25.1 Å². The molecule has 1 amide bonds. The Labute approximate surface area is 177 Å². The molecule has 2 rings (SSSR count). The molecule has 146 valence electrons. The molecule has 0 aromatic heterocycles. The molecule has 0 aliphatic heterocycles. The first-order chi connectivity index (χ1) is 12.7. The van der Waals surface area contributed by atoms with E-state index in [-0.39, 0.29) is 35.6 Å². The molecule has 6 nitrogen and oxygen atoms in total. The Hall–Kier alpha value is -2.29. The average molecular weight is 482 g/mol. The molecule has 0 radical (unpaired) electrons. The number of guanidine groups is 1. The molecule has 0 heterocycles. The van der Waals surface area contributed by atoms with Crippen molar-refractivity contribution in [3.05, 3.63) is 65.7 Å². The molecule has 0 spiro atoms. The molecular formula is C20H27IN4O2. The van der Waals surface area contributed by atoms with Gasteiger partial charge in [0.05, 0.1) is 0 Å².